The summed E-state index contributed by atoms with van der Waals surface area (Å²) in [5.74, 6) is 3.40. The molecule has 2 fully saturated rings. The molecule has 0 bridgehead atoms. The van der Waals surface area contributed by atoms with Crippen molar-refractivity contribution in [2.24, 2.45) is 5.92 Å². The molecule has 2 aliphatic rings. The molecule has 1 N–H and O–H groups in total. The average Bonchev–Trinajstić information content (AvgIpc) is 2.90. The summed E-state index contributed by atoms with van der Waals surface area (Å²) in [7, 11) is 0. The van der Waals surface area contributed by atoms with Crippen molar-refractivity contribution in [2.75, 3.05) is 11.5 Å². The van der Waals surface area contributed by atoms with Crippen LogP contribution in [0.4, 0.5) is 0 Å². The van der Waals surface area contributed by atoms with Crippen LogP contribution in [-0.2, 0) is 4.79 Å². The maximum atomic E-state index is 11.4. The van der Waals surface area contributed by atoms with Crippen molar-refractivity contribution < 1.29 is 4.79 Å². The molecule has 0 aromatic rings. The lowest BCUT2D eigenvalue weighted by Crippen LogP contribution is -2.38. The summed E-state index contributed by atoms with van der Waals surface area (Å²) >= 11 is 1.96. The van der Waals surface area contributed by atoms with Gasteiger partial charge in [0.2, 0.25) is 5.91 Å². The first-order valence-electron chi connectivity index (χ1n) is 5.21. The molecule has 1 atom stereocenters. The zero-order valence-electron chi connectivity index (χ0n) is 7.92. The van der Waals surface area contributed by atoms with E-state index in [9.17, 15) is 4.79 Å². The first-order chi connectivity index (χ1) is 6.34. The predicted octanol–water partition coefficient (Wildman–Crippen LogP) is 1.80. The Labute approximate surface area is 83.8 Å². The molecule has 1 unspecified atom stereocenters. The second-order valence-electron chi connectivity index (χ2n) is 4.13. The molecule has 0 radical (unpaired) electrons. The van der Waals surface area contributed by atoms with Crippen molar-refractivity contribution in [2.45, 2.75) is 38.1 Å². The molecule has 74 valence electrons. The van der Waals surface area contributed by atoms with Gasteiger partial charge < -0.3 is 5.32 Å². The number of rotatable bonds is 3. The van der Waals surface area contributed by atoms with E-state index in [0.29, 0.717) is 6.04 Å². The van der Waals surface area contributed by atoms with E-state index in [1.54, 1.807) is 0 Å². The smallest absolute Gasteiger partial charge is 0.220 e. The third-order valence-corrected chi connectivity index (χ3v) is 3.91. The SMILES string of the molecule is O=C(CC1CC1)NC1CCCSC1. The standard InChI is InChI=1S/C10H17NOS/c12-10(6-8-3-4-8)11-9-2-1-5-13-7-9/h8-9H,1-7H2,(H,11,12). The Morgan fingerprint density at radius 3 is 2.85 bits per heavy atom. The van der Waals surface area contributed by atoms with Crippen molar-refractivity contribution >= 4 is 17.7 Å². The highest BCUT2D eigenvalue weighted by Gasteiger charge is 2.25. The largest absolute Gasteiger partial charge is 0.353 e. The van der Waals surface area contributed by atoms with Crippen molar-refractivity contribution in [1.29, 1.82) is 0 Å². The van der Waals surface area contributed by atoms with Gasteiger partial charge in [0.15, 0.2) is 0 Å². The molecule has 3 heteroatoms. The van der Waals surface area contributed by atoms with Gasteiger partial charge in [-0.05, 0) is 37.4 Å². The van der Waals surface area contributed by atoms with Crippen LogP contribution in [0.2, 0.25) is 0 Å². The van der Waals surface area contributed by atoms with Crippen molar-refractivity contribution in [3.63, 3.8) is 0 Å². The lowest BCUT2D eigenvalue weighted by Gasteiger charge is -2.22. The van der Waals surface area contributed by atoms with Crippen LogP contribution in [-0.4, -0.2) is 23.5 Å². The van der Waals surface area contributed by atoms with Gasteiger partial charge in [0, 0.05) is 18.2 Å². The fourth-order valence-corrected chi connectivity index (χ4v) is 2.80. The Bertz CT molecular complexity index is 185. The molecule has 13 heavy (non-hydrogen) atoms. The number of amides is 1. The van der Waals surface area contributed by atoms with Gasteiger partial charge in [0.05, 0.1) is 0 Å². The Balaban J connectivity index is 1.66. The van der Waals surface area contributed by atoms with Crippen LogP contribution in [0.1, 0.15) is 32.1 Å². The molecule has 1 amide bonds. The molecule has 2 nitrogen and oxygen atoms in total. The summed E-state index contributed by atoms with van der Waals surface area (Å²) in [5, 5.41) is 3.13. The fraction of sp³-hybridized carbons (Fsp3) is 0.900. The summed E-state index contributed by atoms with van der Waals surface area (Å²) in [6.07, 6.45) is 5.77. The Morgan fingerprint density at radius 2 is 2.23 bits per heavy atom. The van der Waals surface area contributed by atoms with Crippen LogP contribution >= 0.6 is 11.8 Å². The maximum absolute atomic E-state index is 11.4. The first-order valence-corrected chi connectivity index (χ1v) is 6.37. The highest BCUT2D eigenvalue weighted by Crippen LogP contribution is 2.32. The first kappa shape index (κ1) is 9.38. The number of hydrogen-bond acceptors (Lipinski definition) is 2. The summed E-state index contributed by atoms with van der Waals surface area (Å²) in [6, 6.07) is 0.463. The van der Waals surface area contributed by atoms with E-state index < -0.39 is 0 Å². The fourth-order valence-electron chi connectivity index (χ4n) is 1.73. The van der Waals surface area contributed by atoms with Gasteiger partial charge >= 0.3 is 0 Å². The van der Waals surface area contributed by atoms with Crippen LogP contribution in [0.15, 0.2) is 0 Å². The molecule has 1 aliphatic carbocycles. The van der Waals surface area contributed by atoms with Crippen LogP contribution in [0.25, 0.3) is 0 Å². The molecule has 0 aromatic carbocycles. The minimum Gasteiger partial charge on any atom is -0.353 e. The Morgan fingerprint density at radius 1 is 1.38 bits per heavy atom. The second kappa shape index (κ2) is 4.36. The minimum atomic E-state index is 0.287. The molecule has 0 spiro atoms. The zero-order chi connectivity index (χ0) is 9.10. The van der Waals surface area contributed by atoms with E-state index in [1.165, 1.54) is 31.4 Å². The third-order valence-electron chi connectivity index (χ3n) is 2.70. The molecule has 1 saturated heterocycles. The quantitative estimate of drug-likeness (QED) is 0.751. The molecule has 0 aromatic heterocycles. The molecule has 1 aliphatic heterocycles. The number of thioether (sulfide) groups is 1. The van der Waals surface area contributed by atoms with E-state index in [4.69, 9.17) is 0 Å². The highest BCUT2D eigenvalue weighted by molar-refractivity contribution is 7.99. The number of nitrogens with one attached hydrogen (secondary N) is 1. The Kier molecular flexibility index (Phi) is 3.14. The van der Waals surface area contributed by atoms with Gasteiger partial charge in [0.1, 0.15) is 0 Å². The molecule has 1 heterocycles. The number of hydrogen-bond donors (Lipinski definition) is 1. The van der Waals surface area contributed by atoms with E-state index >= 15 is 0 Å². The van der Waals surface area contributed by atoms with Gasteiger partial charge in [-0.15, -0.1) is 0 Å². The monoisotopic (exact) mass is 199 g/mol. The van der Waals surface area contributed by atoms with Crippen LogP contribution in [0.5, 0.6) is 0 Å². The highest BCUT2D eigenvalue weighted by atomic mass is 32.2. The summed E-state index contributed by atoms with van der Waals surface area (Å²) in [6.45, 7) is 0. The topological polar surface area (TPSA) is 29.1 Å². The van der Waals surface area contributed by atoms with E-state index in [1.807, 2.05) is 11.8 Å². The van der Waals surface area contributed by atoms with Crippen LogP contribution in [0.3, 0.4) is 0 Å². The van der Waals surface area contributed by atoms with Gasteiger partial charge in [-0.1, -0.05) is 0 Å². The third kappa shape index (κ3) is 3.22. The molecular formula is C10H17NOS. The van der Waals surface area contributed by atoms with Crippen LogP contribution < -0.4 is 5.32 Å². The average molecular weight is 199 g/mol. The Hall–Kier alpha value is -0.180. The molecule has 2 rings (SSSR count). The zero-order valence-corrected chi connectivity index (χ0v) is 8.74. The summed E-state index contributed by atoms with van der Waals surface area (Å²) < 4.78 is 0. The number of carbonyl (C=O) groups excluding carboxylic acids is 1. The normalized spacial score (nSPS) is 28.5. The van der Waals surface area contributed by atoms with E-state index in [0.717, 1.165) is 18.1 Å². The molecule has 1 saturated carbocycles. The van der Waals surface area contributed by atoms with Crippen LogP contribution in [0, 0.1) is 5.92 Å². The van der Waals surface area contributed by atoms with E-state index in [2.05, 4.69) is 5.32 Å². The minimum absolute atomic E-state index is 0.287. The predicted molar refractivity (Wildman–Crippen MR) is 55.8 cm³/mol. The number of carbonyl (C=O) groups is 1. The van der Waals surface area contributed by atoms with Crippen molar-refractivity contribution in [3.8, 4) is 0 Å². The second-order valence-corrected chi connectivity index (χ2v) is 5.28. The summed E-state index contributed by atoms with van der Waals surface area (Å²) in [5.41, 5.74) is 0. The molecular weight excluding hydrogens is 182 g/mol. The maximum Gasteiger partial charge on any atom is 0.220 e. The van der Waals surface area contributed by atoms with Gasteiger partial charge in [-0.3, -0.25) is 4.79 Å². The summed E-state index contributed by atoms with van der Waals surface area (Å²) in [4.78, 5) is 11.4. The van der Waals surface area contributed by atoms with E-state index in [-0.39, 0.29) is 5.91 Å². The lowest BCUT2D eigenvalue weighted by molar-refractivity contribution is -0.122. The van der Waals surface area contributed by atoms with Crippen molar-refractivity contribution in [1.82, 2.24) is 5.32 Å². The van der Waals surface area contributed by atoms with Crippen molar-refractivity contribution in [3.05, 3.63) is 0 Å². The lowest BCUT2D eigenvalue weighted by atomic mass is 10.1. The van der Waals surface area contributed by atoms with Gasteiger partial charge in [-0.2, -0.15) is 11.8 Å². The van der Waals surface area contributed by atoms with Gasteiger partial charge in [0.25, 0.3) is 0 Å². The van der Waals surface area contributed by atoms with Gasteiger partial charge in [-0.25, -0.2) is 0 Å².